The standard InChI is InChI=1S/C22H39N7O8SSi/c1-21(2,3)35-19(30)24-10-11-28-16-14(12-25-28)15-13-27(20(31)29(15)37-38(32,33)34)17(16)18(23-7)26-36-39(8,9)22(4,5)6/h12,15,17H,10-11,13H2,1-9H3,(H,23,26)(H,24,30)(H,32,33,34). The number of ether oxygens (including phenoxy) is 1. The number of fused-ring (bicyclic) bond motifs is 4. The van der Waals surface area contributed by atoms with E-state index >= 15 is 0 Å². The van der Waals surface area contributed by atoms with E-state index in [1.165, 1.54) is 11.1 Å². The van der Waals surface area contributed by atoms with Gasteiger partial charge in [-0.2, -0.15) is 18.6 Å². The van der Waals surface area contributed by atoms with Crippen molar-refractivity contribution in [3.05, 3.63) is 17.5 Å². The van der Waals surface area contributed by atoms with E-state index in [0.717, 1.165) is 0 Å². The van der Waals surface area contributed by atoms with Crippen LogP contribution in [0.5, 0.6) is 0 Å². The van der Waals surface area contributed by atoms with Crippen molar-refractivity contribution in [1.82, 2.24) is 30.4 Å². The summed E-state index contributed by atoms with van der Waals surface area (Å²) >= 11 is 0. The molecule has 0 aromatic carbocycles. The largest absolute Gasteiger partial charge is 0.453 e. The molecule has 17 heteroatoms. The Balaban J connectivity index is 2.00. The lowest BCUT2D eigenvalue weighted by Gasteiger charge is -2.35. The maximum atomic E-state index is 13.3. The fourth-order valence-corrected chi connectivity index (χ4v) is 4.87. The van der Waals surface area contributed by atoms with Gasteiger partial charge in [-0.05, 0) is 38.9 Å². The van der Waals surface area contributed by atoms with Gasteiger partial charge >= 0.3 is 22.5 Å². The number of urea groups is 1. The van der Waals surface area contributed by atoms with Crippen LogP contribution in [0.25, 0.3) is 0 Å². The van der Waals surface area contributed by atoms with Crippen molar-refractivity contribution in [2.75, 3.05) is 20.1 Å². The number of hydrogen-bond donors (Lipinski definition) is 3. The molecule has 1 saturated heterocycles. The van der Waals surface area contributed by atoms with Gasteiger partial charge in [0.2, 0.25) is 0 Å². The monoisotopic (exact) mass is 589 g/mol. The highest BCUT2D eigenvalue weighted by Crippen LogP contribution is 2.45. The first-order valence-electron chi connectivity index (χ1n) is 12.5. The third-order valence-electron chi connectivity index (χ3n) is 6.79. The molecule has 3 rings (SSSR count). The van der Waals surface area contributed by atoms with Gasteiger partial charge in [-0.1, -0.05) is 25.9 Å². The van der Waals surface area contributed by atoms with E-state index in [4.69, 9.17) is 9.26 Å². The van der Waals surface area contributed by atoms with Gasteiger partial charge in [0.25, 0.3) is 8.32 Å². The van der Waals surface area contributed by atoms with Crippen molar-refractivity contribution in [2.45, 2.75) is 83.9 Å². The third kappa shape index (κ3) is 6.82. The van der Waals surface area contributed by atoms with E-state index in [2.05, 4.69) is 45.9 Å². The lowest BCUT2D eigenvalue weighted by Crippen LogP contribution is -2.45. The van der Waals surface area contributed by atoms with Gasteiger partial charge < -0.3 is 24.8 Å². The average Bonchev–Trinajstić information content (AvgIpc) is 3.29. The number of rotatable bonds is 8. The van der Waals surface area contributed by atoms with E-state index < -0.39 is 48.5 Å². The van der Waals surface area contributed by atoms with Gasteiger partial charge in [0, 0.05) is 19.2 Å². The van der Waals surface area contributed by atoms with Crippen molar-refractivity contribution in [3.8, 4) is 0 Å². The predicted octanol–water partition coefficient (Wildman–Crippen LogP) is 2.53. The molecule has 2 atom stereocenters. The Bertz CT molecular complexity index is 1240. The quantitative estimate of drug-likeness (QED) is 0.134. The number of nitrogens with one attached hydrogen (secondary N) is 2. The Labute approximate surface area is 229 Å². The highest BCUT2D eigenvalue weighted by molar-refractivity contribution is 7.80. The Morgan fingerprint density at radius 2 is 1.90 bits per heavy atom. The number of oxime groups is 1. The smallest absolute Gasteiger partial charge is 0.418 e. The lowest BCUT2D eigenvalue weighted by atomic mass is 9.97. The van der Waals surface area contributed by atoms with Crippen LogP contribution in [0.2, 0.25) is 18.1 Å². The summed E-state index contributed by atoms with van der Waals surface area (Å²) in [6.07, 6.45) is 0.908. The number of alkyl carbamates (subject to hydrolysis) is 1. The summed E-state index contributed by atoms with van der Waals surface area (Å²) in [5.74, 6) is 0.295. The third-order valence-corrected chi connectivity index (χ3v) is 11.3. The summed E-state index contributed by atoms with van der Waals surface area (Å²) in [6, 6.07) is -2.50. The van der Waals surface area contributed by atoms with E-state index in [9.17, 15) is 22.6 Å². The van der Waals surface area contributed by atoms with Crippen molar-refractivity contribution >= 4 is 36.7 Å². The molecule has 220 valence electrons. The number of likely N-dealkylation sites (N-methyl/N-ethyl adjacent to an activating group) is 1. The first kappa shape index (κ1) is 30.6. The zero-order valence-electron chi connectivity index (χ0n) is 23.8. The zero-order valence-corrected chi connectivity index (χ0v) is 25.6. The highest BCUT2D eigenvalue weighted by Gasteiger charge is 2.53. The van der Waals surface area contributed by atoms with Gasteiger partial charge in [-0.15, -0.1) is 4.28 Å². The fourth-order valence-electron chi connectivity index (χ4n) is 3.90. The molecule has 3 heterocycles. The Morgan fingerprint density at radius 1 is 1.26 bits per heavy atom. The molecule has 39 heavy (non-hydrogen) atoms. The highest BCUT2D eigenvalue weighted by atomic mass is 32.3. The van der Waals surface area contributed by atoms with Crippen molar-refractivity contribution in [1.29, 1.82) is 0 Å². The van der Waals surface area contributed by atoms with E-state index in [1.54, 1.807) is 32.5 Å². The van der Waals surface area contributed by atoms with Crippen LogP contribution in [0.3, 0.4) is 0 Å². The number of carbonyl (C=O) groups excluding carboxylic acids is 2. The molecule has 0 spiro atoms. The molecule has 15 nitrogen and oxygen atoms in total. The molecular weight excluding hydrogens is 550 g/mol. The molecule has 3 N–H and O–H groups in total. The molecule has 0 radical (unpaired) electrons. The Hall–Kier alpha value is -2.89. The van der Waals surface area contributed by atoms with Crippen molar-refractivity contribution in [3.63, 3.8) is 0 Å². The number of nitrogens with zero attached hydrogens (tertiary/aromatic N) is 5. The van der Waals surface area contributed by atoms with Crippen LogP contribution in [-0.2, 0) is 30.5 Å². The van der Waals surface area contributed by atoms with E-state index in [0.29, 0.717) is 22.2 Å². The van der Waals surface area contributed by atoms with Crippen LogP contribution in [0, 0.1) is 0 Å². The minimum absolute atomic E-state index is 0.0503. The second kappa shape index (κ2) is 10.6. The second-order valence-electron chi connectivity index (χ2n) is 11.9. The molecular formula is C22H39N7O8SSi. The molecule has 2 aliphatic rings. The van der Waals surface area contributed by atoms with Crippen LogP contribution in [0.15, 0.2) is 11.4 Å². The number of aromatic nitrogens is 2. The molecule has 1 aromatic heterocycles. The summed E-state index contributed by atoms with van der Waals surface area (Å²) in [4.78, 5) is 26.8. The summed E-state index contributed by atoms with van der Waals surface area (Å²) in [5, 5.41) is 15.0. The summed E-state index contributed by atoms with van der Waals surface area (Å²) in [7, 11) is -5.68. The van der Waals surface area contributed by atoms with Gasteiger partial charge in [0.1, 0.15) is 17.7 Å². The molecule has 3 amide bonds. The minimum atomic E-state index is -4.98. The van der Waals surface area contributed by atoms with E-state index in [1.807, 2.05) is 13.1 Å². The number of amides is 3. The fraction of sp³-hybridized carbons (Fsp3) is 0.727. The van der Waals surface area contributed by atoms with Crippen LogP contribution >= 0.6 is 0 Å². The molecule has 2 bridgehead atoms. The van der Waals surface area contributed by atoms with Crippen LogP contribution in [0.1, 0.15) is 64.9 Å². The molecule has 0 saturated carbocycles. The molecule has 2 aliphatic heterocycles. The minimum Gasteiger partial charge on any atom is -0.453 e. The van der Waals surface area contributed by atoms with Gasteiger partial charge in [-0.3, -0.25) is 9.23 Å². The van der Waals surface area contributed by atoms with Gasteiger partial charge in [0.15, 0.2) is 5.84 Å². The maximum Gasteiger partial charge on any atom is 0.418 e. The van der Waals surface area contributed by atoms with Crippen LogP contribution < -0.4 is 10.6 Å². The SMILES string of the molecule is CN/C(=N\O[Si](C)(C)C(C)(C)C)C1c2c(cnn2CCNC(=O)OC(C)(C)C)C2CN1C(=O)N2OS(=O)(=O)O. The topological polar surface area (TPSA) is 177 Å². The first-order valence-corrected chi connectivity index (χ1v) is 16.8. The molecule has 1 fully saturated rings. The molecule has 1 aromatic rings. The van der Waals surface area contributed by atoms with Crippen molar-refractivity contribution in [2.24, 2.45) is 5.16 Å². The van der Waals surface area contributed by atoms with Gasteiger partial charge in [-0.25, -0.2) is 9.59 Å². The molecule has 0 aliphatic carbocycles. The van der Waals surface area contributed by atoms with Crippen LogP contribution in [-0.4, -0.2) is 84.7 Å². The maximum absolute atomic E-state index is 13.3. The first-order chi connectivity index (χ1) is 17.8. The Morgan fingerprint density at radius 3 is 2.44 bits per heavy atom. The molecule has 2 unspecified atom stereocenters. The zero-order chi connectivity index (χ0) is 29.6. The number of carbonyl (C=O) groups is 2. The number of hydrogen-bond acceptors (Lipinski definition) is 9. The number of hydroxylamine groups is 2. The summed E-state index contributed by atoms with van der Waals surface area (Å²) in [6.45, 7) is 15.9. The second-order valence-corrected chi connectivity index (χ2v) is 17.6. The summed E-state index contributed by atoms with van der Waals surface area (Å²) in [5.41, 5.74) is 0.364. The van der Waals surface area contributed by atoms with E-state index in [-0.39, 0.29) is 24.7 Å². The number of amidine groups is 1. The average molecular weight is 590 g/mol. The van der Waals surface area contributed by atoms with Crippen molar-refractivity contribution < 1.29 is 36.1 Å². The lowest BCUT2D eigenvalue weighted by molar-refractivity contribution is -0.0316. The van der Waals surface area contributed by atoms with Crippen LogP contribution in [0.4, 0.5) is 9.59 Å². The summed E-state index contributed by atoms with van der Waals surface area (Å²) < 4.78 is 49.9. The van der Waals surface area contributed by atoms with Gasteiger partial charge in [0.05, 0.1) is 25.0 Å². The predicted molar refractivity (Wildman–Crippen MR) is 143 cm³/mol. The Kier molecular flexibility index (Phi) is 8.32. The normalized spacial score (nSPS) is 20.2.